The number of hydrogen-bond acceptors (Lipinski definition) is 2. The Kier molecular flexibility index (Phi) is 5.40. The number of thioether (sulfide) groups is 1. The largest absolute Gasteiger partial charge is 0.496 e. The predicted molar refractivity (Wildman–Crippen MR) is 59.9 cm³/mol. The maximum atomic E-state index is 5.60. The van der Waals surface area contributed by atoms with E-state index in [1.807, 2.05) is 17.8 Å². The number of methoxy groups -OCH3 is 1. The number of halogens is 1. The zero-order chi connectivity index (χ0) is 9.52. The highest BCUT2D eigenvalue weighted by Gasteiger charge is 2.08. The first kappa shape index (κ1) is 11.0. The standard InChI is InChI=1S/C10H14ClOS/c1-12-9-5-2-3-6-10(9)13-8-4-7-11/h2,5-6H,3-4,7-8H2,1H3. The van der Waals surface area contributed by atoms with E-state index in [1.54, 1.807) is 7.11 Å². The Labute approximate surface area is 89.2 Å². The molecule has 1 radical (unpaired) electrons. The summed E-state index contributed by atoms with van der Waals surface area (Å²) in [5.41, 5.74) is 0. The van der Waals surface area contributed by atoms with Crippen LogP contribution in [0.4, 0.5) is 0 Å². The second-order valence-corrected chi connectivity index (χ2v) is 4.18. The maximum Gasteiger partial charge on any atom is 0.128 e. The van der Waals surface area contributed by atoms with E-state index in [0.29, 0.717) is 0 Å². The second-order valence-electron chi connectivity index (χ2n) is 2.67. The minimum absolute atomic E-state index is 0.735. The molecule has 0 aliphatic heterocycles. The van der Waals surface area contributed by atoms with Crippen molar-refractivity contribution < 1.29 is 4.74 Å². The van der Waals surface area contributed by atoms with E-state index in [4.69, 9.17) is 16.3 Å². The van der Waals surface area contributed by atoms with Crippen molar-refractivity contribution in [2.75, 3.05) is 18.7 Å². The Balaban J connectivity index is 2.38. The van der Waals surface area contributed by atoms with E-state index in [-0.39, 0.29) is 0 Å². The van der Waals surface area contributed by atoms with Crippen LogP contribution in [0.3, 0.4) is 0 Å². The van der Waals surface area contributed by atoms with Gasteiger partial charge in [0, 0.05) is 10.8 Å². The smallest absolute Gasteiger partial charge is 0.128 e. The molecule has 3 heteroatoms. The third-order valence-corrected chi connectivity index (χ3v) is 3.15. The monoisotopic (exact) mass is 217 g/mol. The molecule has 0 aromatic rings. The normalized spacial score (nSPS) is 16.5. The van der Waals surface area contributed by atoms with E-state index >= 15 is 0 Å². The molecule has 0 spiro atoms. The Bertz CT molecular complexity index is 211. The molecule has 0 saturated carbocycles. The fourth-order valence-corrected chi connectivity index (χ4v) is 2.38. The van der Waals surface area contributed by atoms with Gasteiger partial charge in [0.1, 0.15) is 5.76 Å². The molecule has 0 amide bonds. The van der Waals surface area contributed by atoms with Crippen LogP contribution >= 0.6 is 23.4 Å². The molecule has 0 heterocycles. The summed E-state index contributed by atoms with van der Waals surface area (Å²) in [7, 11) is 1.71. The molecule has 1 nitrogen and oxygen atoms in total. The number of ether oxygens (including phenoxy) is 1. The third kappa shape index (κ3) is 3.65. The first-order valence-corrected chi connectivity index (χ1v) is 5.87. The predicted octanol–water partition coefficient (Wildman–Crippen LogP) is 3.37. The summed E-state index contributed by atoms with van der Waals surface area (Å²) in [4.78, 5) is 1.25. The Hall–Kier alpha value is -0.0800. The summed E-state index contributed by atoms with van der Waals surface area (Å²) in [5, 5.41) is 0. The van der Waals surface area contributed by atoms with Crippen LogP contribution in [0, 0.1) is 6.42 Å². The lowest BCUT2D eigenvalue weighted by Gasteiger charge is -2.13. The van der Waals surface area contributed by atoms with Crippen LogP contribution in [-0.4, -0.2) is 18.7 Å². The SMILES string of the molecule is COC1=C[CH]CC=C1SCCCCl. The second kappa shape index (κ2) is 6.39. The molecule has 1 rings (SSSR count). The lowest BCUT2D eigenvalue weighted by atomic mass is 10.2. The highest BCUT2D eigenvalue weighted by molar-refractivity contribution is 8.03. The molecule has 0 N–H and O–H groups in total. The molecule has 0 saturated heterocycles. The highest BCUT2D eigenvalue weighted by atomic mass is 35.5. The minimum Gasteiger partial charge on any atom is -0.496 e. The zero-order valence-corrected chi connectivity index (χ0v) is 9.33. The molecule has 0 aromatic heterocycles. The highest BCUT2D eigenvalue weighted by Crippen LogP contribution is 2.29. The fraction of sp³-hybridized carbons (Fsp3) is 0.500. The number of hydrogen-bond donors (Lipinski definition) is 0. The Morgan fingerprint density at radius 3 is 3.15 bits per heavy atom. The summed E-state index contributed by atoms with van der Waals surface area (Å²) >= 11 is 7.42. The molecule has 0 atom stereocenters. The first-order valence-electron chi connectivity index (χ1n) is 4.35. The van der Waals surface area contributed by atoms with Gasteiger partial charge < -0.3 is 4.74 Å². The lowest BCUT2D eigenvalue weighted by Crippen LogP contribution is -1.96. The lowest BCUT2D eigenvalue weighted by molar-refractivity contribution is 0.303. The van der Waals surface area contributed by atoms with Gasteiger partial charge in [0.2, 0.25) is 0 Å². The quantitative estimate of drug-likeness (QED) is 0.516. The first-order chi connectivity index (χ1) is 6.38. The van der Waals surface area contributed by atoms with Crippen LogP contribution in [0.25, 0.3) is 0 Å². The van der Waals surface area contributed by atoms with E-state index in [0.717, 1.165) is 30.2 Å². The average Bonchev–Trinajstić information content (AvgIpc) is 2.19. The molecule has 0 bridgehead atoms. The van der Waals surface area contributed by atoms with Crippen molar-refractivity contribution >= 4 is 23.4 Å². The molecule has 73 valence electrons. The summed E-state index contributed by atoms with van der Waals surface area (Å²) < 4.78 is 5.24. The van der Waals surface area contributed by atoms with Gasteiger partial charge in [0.25, 0.3) is 0 Å². The van der Waals surface area contributed by atoms with Crippen molar-refractivity contribution in [2.24, 2.45) is 0 Å². The van der Waals surface area contributed by atoms with Crippen molar-refractivity contribution in [2.45, 2.75) is 12.8 Å². The van der Waals surface area contributed by atoms with Crippen molar-refractivity contribution in [3.63, 3.8) is 0 Å². The summed E-state index contributed by atoms with van der Waals surface area (Å²) in [6, 6.07) is 0. The van der Waals surface area contributed by atoms with Crippen LogP contribution in [0.5, 0.6) is 0 Å². The van der Waals surface area contributed by atoms with Gasteiger partial charge in [-0.1, -0.05) is 6.08 Å². The van der Waals surface area contributed by atoms with Gasteiger partial charge in [0.15, 0.2) is 0 Å². The molecule has 0 unspecified atom stereocenters. The van der Waals surface area contributed by atoms with Crippen LogP contribution in [0.1, 0.15) is 12.8 Å². The summed E-state index contributed by atoms with van der Waals surface area (Å²) in [5.74, 6) is 2.78. The van der Waals surface area contributed by atoms with Gasteiger partial charge in [-0.05, 0) is 31.1 Å². The molecule has 0 aromatic carbocycles. The average molecular weight is 218 g/mol. The zero-order valence-electron chi connectivity index (χ0n) is 7.75. The minimum atomic E-state index is 0.735. The van der Waals surface area contributed by atoms with E-state index < -0.39 is 0 Å². The molecular weight excluding hydrogens is 204 g/mol. The van der Waals surface area contributed by atoms with E-state index in [1.165, 1.54) is 4.91 Å². The summed E-state index contributed by atoms with van der Waals surface area (Å²) in [6.45, 7) is 0. The number of allylic oxidation sites excluding steroid dienone is 2. The van der Waals surface area contributed by atoms with Gasteiger partial charge >= 0.3 is 0 Å². The van der Waals surface area contributed by atoms with Crippen molar-refractivity contribution in [3.05, 3.63) is 29.2 Å². The molecule has 1 aliphatic carbocycles. The van der Waals surface area contributed by atoms with Crippen LogP contribution in [0.15, 0.2) is 22.8 Å². The van der Waals surface area contributed by atoms with Gasteiger partial charge in [-0.2, -0.15) is 0 Å². The van der Waals surface area contributed by atoms with Gasteiger partial charge in [-0.25, -0.2) is 0 Å². The van der Waals surface area contributed by atoms with Gasteiger partial charge in [-0.3, -0.25) is 0 Å². The fourth-order valence-electron chi connectivity index (χ4n) is 1.07. The molecule has 0 fully saturated rings. The van der Waals surface area contributed by atoms with Crippen LogP contribution in [0.2, 0.25) is 0 Å². The summed E-state index contributed by atoms with van der Waals surface area (Å²) in [6.07, 6.45) is 8.38. The van der Waals surface area contributed by atoms with Gasteiger partial charge in [-0.15, -0.1) is 23.4 Å². The number of rotatable bonds is 5. The topological polar surface area (TPSA) is 9.23 Å². The maximum absolute atomic E-state index is 5.60. The van der Waals surface area contributed by atoms with Crippen molar-refractivity contribution in [1.29, 1.82) is 0 Å². The van der Waals surface area contributed by atoms with E-state index in [2.05, 4.69) is 12.5 Å². The number of alkyl halides is 1. The van der Waals surface area contributed by atoms with Crippen LogP contribution < -0.4 is 0 Å². The Morgan fingerprint density at radius 1 is 1.62 bits per heavy atom. The molecular formula is C10H14ClOS. The van der Waals surface area contributed by atoms with Crippen LogP contribution in [-0.2, 0) is 4.74 Å². The van der Waals surface area contributed by atoms with Gasteiger partial charge in [0.05, 0.1) is 7.11 Å². The third-order valence-electron chi connectivity index (χ3n) is 1.71. The van der Waals surface area contributed by atoms with Crippen molar-refractivity contribution in [3.8, 4) is 0 Å². The van der Waals surface area contributed by atoms with E-state index in [9.17, 15) is 0 Å². The van der Waals surface area contributed by atoms with Crippen molar-refractivity contribution in [1.82, 2.24) is 0 Å². The molecule has 1 aliphatic rings. The Morgan fingerprint density at radius 2 is 2.46 bits per heavy atom. The molecule has 13 heavy (non-hydrogen) atoms.